The van der Waals surface area contributed by atoms with Gasteiger partial charge in [-0.1, -0.05) is 20.3 Å². The van der Waals surface area contributed by atoms with Crippen LogP contribution in [0.1, 0.15) is 33.1 Å². The zero-order valence-corrected chi connectivity index (χ0v) is 8.47. The lowest BCUT2D eigenvalue weighted by atomic mass is 9.91. The molecule has 12 heavy (non-hydrogen) atoms. The van der Waals surface area contributed by atoms with E-state index in [4.69, 9.17) is 4.74 Å². The predicted octanol–water partition coefficient (Wildman–Crippen LogP) is 1.80. The molecule has 0 amide bonds. The number of ether oxygens (including phenoxy) is 1. The van der Waals surface area contributed by atoms with E-state index in [0.29, 0.717) is 12.0 Å². The Morgan fingerprint density at radius 3 is 2.42 bits per heavy atom. The second-order valence-corrected chi connectivity index (χ2v) is 4.10. The summed E-state index contributed by atoms with van der Waals surface area (Å²) >= 11 is 0. The maximum absolute atomic E-state index is 5.17. The van der Waals surface area contributed by atoms with Gasteiger partial charge in [-0.3, -0.25) is 0 Å². The van der Waals surface area contributed by atoms with Gasteiger partial charge in [0.2, 0.25) is 0 Å². The van der Waals surface area contributed by atoms with Gasteiger partial charge in [-0.25, -0.2) is 0 Å². The van der Waals surface area contributed by atoms with Gasteiger partial charge in [-0.05, 0) is 18.8 Å². The summed E-state index contributed by atoms with van der Waals surface area (Å²) in [4.78, 5) is 0. The van der Waals surface area contributed by atoms with Crippen LogP contribution in [0.4, 0.5) is 0 Å². The van der Waals surface area contributed by atoms with Gasteiger partial charge in [0, 0.05) is 19.2 Å². The highest BCUT2D eigenvalue weighted by Gasteiger charge is 2.22. The summed E-state index contributed by atoms with van der Waals surface area (Å²) in [5, 5.41) is 3.63. The number of nitrogens with one attached hydrogen (secondary N) is 1. The lowest BCUT2D eigenvalue weighted by Gasteiger charge is -2.33. The molecule has 72 valence electrons. The molecular weight excluding hydrogens is 150 g/mol. The normalized spacial score (nSPS) is 21.0. The Balaban J connectivity index is 2.21. The first-order valence-electron chi connectivity index (χ1n) is 4.99. The highest BCUT2D eigenvalue weighted by Crippen LogP contribution is 2.19. The zero-order valence-electron chi connectivity index (χ0n) is 8.47. The van der Waals surface area contributed by atoms with Crippen molar-refractivity contribution in [1.82, 2.24) is 5.32 Å². The van der Waals surface area contributed by atoms with Crippen LogP contribution in [0.3, 0.4) is 0 Å². The maximum atomic E-state index is 5.17. The molecule has 1 fully saturated rings. The molecule has 1 unspecified atom stereocenters. The molecule has 0 bridgehead atoms. The molecular formula is C10H21NO. The fraction of sp³-hybridized carbons (Fsp3) is 1.00. The Hall–Kier alpha value is -0.0800. The second-order valence-electron chi connectivity index (χ2n) is 4.10. The second kappa shape index (κ2) is 4.83. The van der Waals surface area contributed by atoms with Crippen molar-refractivity contribution in [1.29, 1.82) is 0 Å². The van der Waals surface area contributed by atoms with Crippen molar-refractivity contribution in [3.05, 3.63) is 0 Å². The summed E-state index contributed by atoms with van der Waals surface area (Å²) in [6.45, 7) is 5.33. The van der Waals surface area contributed by atoms with Crippen LogP contribution in [-0.2, 0) is 4.74 Å². The fourth-order valence-corrected chi connectivity index (χ4v) is 1.49. The van der Waals surface area contributed by atoms with E-state index in [1.165, 1.54) is 19.3 Å². The molecule has 0 heterocycles. The van der Waals surface area contributed by atoms with Crippen LogP contribution in [0.15, 0.2) is 0 Å². The molecule has 0 aromatic rings. The van der Waals surface area contributed by atoms with E-state index in [-0.39, 0.29) is 0 Å². The number of hydrogen-bond acceptors (Lipinski definition) is 2. The molecule has 1 aliphatic rings. The van der Waals surface area contributed by atoms with Gasteiger partial charge in [-0.15, -0.1) is 0 Å². The van der Waals surface area contributed by atoms with E-state index >= 15 is 0 Å². The summed E-state index contributed by atoms with van der Waals surface area (Å²) in [7, 11) is 1.78. The topological polar surface area (TPSA) is 21.3 Å². The van der Waals surface area contributed by atoms with Crippen molar-refractivity contribution < 1.29 is 4.74 Å². The van der Waals surface area contributed by atoms with E-state index in [1.54, 1.807) is 7.11 Å². The van der Waals surface area contributed by atoms with Crippen molar-refractivity contribution >= 4 is 0 Å². The van der Waals surface area contributed by atoms with Crippen molar-refractivity contribution in [2.24, 2.45) is 5.92 Å². The molecule has 1 N–H and O–H groups in total. The minimum atomic E-state index is 0.542. The molecule has 1 rings (SSSR count). The van der Waals surface area contributed by atoms with Gasteiger partial charge in [0.15, 0.2) is 0 Å². The van der Waals surface area contributed by atoms with Crippen LogP contribution in [-0.4, -0.2) is 25.8 Å². The van der Waals surface area contributed by atoms with Gasteiger partial charge in [0.25, 0.3) is 0 Å². The SMILES string of the molecule is COCC(NC1CCC1)C(C)C. The van der Waals surface area contributed by atoms with E-state index in [1.807, 2.05) is 0 Å². The first-order valence-corrected chi connectivity index (χ1v) is 4.99. The summed E-state index contributed by atoms with van der Waals surface area (Å²) < 4.78 is 5.17. The van der Waals surface area contributed by atoms with Gasteiger partial charge < -0.3 is 10.1 Å². The molecule has 0 saturated heterocycles. The van der Waals surface area contributed by atoms with E-state index < -0.39 is 0 Å². The largest absolute Gasteiger partial charge is 0.383 e. The average molecular weight is 171 g/mol. The molecule has 2 nitrogen and oxygen atoms in total. The first-order chi connectivity index (χ1) is 5.74. The summed E-state index contributed by atoms with van der Waals surface area (Å²) in [5.74, 6) is 0.672. The molecule has 2 heteroatoms. The molecule has 0 spiro atoms. The summed E-state index contributed by atoms with van der Waals surface area (Å²) in [6, 6.07) is 1.31. The molecule has 0 radical (unpaired) electrons. The Morgan fingerprint density at radius 1 is 1.42 bits per heavy atom. The van der Waals surface area contributed by atoms with Crippen molar-refractivity contribution in [2.45, 2.75) is 45.2 Å². The van der Waals surface area contributed by atoms with Crippen molar-refractivity contribution in [3.63, 3.8) is 0 Å². The van der Waals surface area contributed by atoms with Crippen molar-refractivity contribution in [3.8, 4) is 0 Å². The first kappa shape index (κ1) is 10.0. The highest BCUT2D eigenvalue weighted by molar-refractivity contribution is 4.82. The standard InChI is InChI=1S/C10H21NO/c1-8(2)10(7-12-3)11-9-5-4-6-9/h8-11H,4-7H2,1-3H3. The molecule has 1 atom stereocenters. The average Bonchev–Trinajstić information content (AvgIpc) is 1.93. The smallest absolute Gasteiger partial charge is 0.0618 e. The molecule has 0 aliphatic heterocycles. The quantitative estimate of drug-likeness (QED) is 0.681. The van der Waals surface area contributed by atoms with Crippen LogP contribution in [0.2, 0.25) is 0 Å². The van der Waals surface area contributed by atoms with Crippen LogP contribution < -0.4 is 5.32 Å². The Morgan fingerprint density at radius 2 is 2.08 bits per heavy atom. The maximum Gasteiger partial charge on any atom is 0.0618 e. The minimum absolute atomic E-state index is 0.542. The third-order valence-electron chi connectivity index (χ3n) is 2.71. The monoisotopic (exact) mass is 171 g/mol. The van der Waals surface area contributed by atoms with Gasteiger partial charge in [-0.2, -0.15) is 0 Å². The number of hydrogen-bond donors (Lipinski definition) is 1. The Bertz CT molecular complexity index is 121. The molecule has 1 aliphatic carbocycles. The van der Waals surface area contributed by atoms with Crippen LogP contribution >= 0.6 is 0 Å². The van der Waals surface area contributed by atoms with Crippen molar-refractivity contribution in [2.75, 3.05) is 13.7 Å². The lowest BCUT2D eigenvalue weighted by Crippen LogP contribution is -2.47. The summed E-state index contributed by atoms with van der Waals surface area (Å²) in [6.07, 6.45) is 4.11. The molecule has 1 saturated carbocycles. The third-order valence-corrected chi connectivity index (χ3v) is 2.71. The number of methoxy groups -OCH3 is 1. The van der Waals surface area contributed by atoms with E-state index in [0.717, 1.165) is 12.6 Å². The third kappa shape index (κ3) is 2.76. The van der Waals surface area contributed by atoms with Crippen LogP contribution in [0.25, 0.3) is 0 Å². The molecule has 0 aromatic carbocycles. The lowest BCUT2D eigenvalue weighted by molar-refractivity contribution is 0.130. The fourth-order valence-electron chi connectivity index (χ4n) is 1.49. The van der Waals surface area contributed by atoms with Gasteiger partial charge in [0.1, 0.15) is 0 Å². The minimum Gasteiger partial charge on any atom is -0.383 e. The molecule has 0 aromatic heterocycles. The zero-order chi connectivity index (χ0) is 8.97. The number of rotatable bonds is 5. The van der Waals surface area contributed by atoms with Gasteiger partial charge in [0.05, 0.1) is 6.61 Å². The van der Waals surface area contributed by atoms with Crippen LogP contribution in [0.5, 0.6) is 0 Å². The predicted molar refractivity (Wildman–Crippen MR) is 51.3 cm³/mol. The Labute approximate surface area is 75.7 Å². The van der Waals surface area contributed by atoms with E-state index in [9.17, 15) is 0 Å². The van der Waals surface area contributed by atoms with Crippen LogP contribution in [0, 0.1) is 5.92 Å². The highest BCUT2D eigenvalue weighted by atomic mass is 16.5. The van der Waals surface area contributed by atoms with E-state index in [2.05, 4.69) is 19.2 Å². The van der Waals surface area contributed by atoms with Gasteiger partial charge >= 0.3 is 0 Å². The Kier molecular flexibility index (Phi) is 4.02. The summed E-state index contributed by atoms with van der Waals surface area (Å²) in [5.41, 5.74) is 0.